The SMILES string of the molecule is CCOCC(=O)N(CC(=O)O)C1CCS(=O)(=O)C1. The zero-order valence-electron chi connectivity index (χ0n) is 10.2. The third-order valence-corrected chi connectivity index (χ3v) is 4.46. The molecular formula is C10H17NO6S. The largest absolute Gasteiger partial charge is 0.480 e. The molecule has 1 rings (SSSR count). The molecule has 1 aliphatic rings. The highest BCUT2D eigenvalue weighted by atomic mass is 32.2. The third kappa shape index (κ3) is 4.26. The molecule has 0 bridgehead atoms. The molecule has 8 heteroatoms. The van der Waals surface area contributed by atoms with Gasteiger partial charge in [-0.05, 0) is 13.3 Å². The molecule has 18 heavy (non-hydrogen) atoms. The number of carboxylic acids is 1. The molecule has 0 radical (unpaired) electrons. The lowest BCUT2D eigenvalue weighted by Gasteiger charge is -2.26. The Bertz CT molecular complexity index is 418. The van der Waals surface area contributed by atoms with Crippen LogP contribution in [-0.4, -0.2) is 67.6 Å². The van der Waals surface area contributed by atoms with Crippen LogP contribution in [0.5, 0.6) is 0 Å². The molecule has 104 valence electrons. The Balaban J connectivity index is 2.72. The highest BCUT2D eigenvalue weighted by Gasteiger charge is 2.35. The molecule has 1 atom stereocenters. The highest BCUT2D eigenvalue weighted by Crippen LogP contribution is 2.17. The van der Waals surface area contributed by atoms with Gasteiger partial charge in [-0.3, -0.25) is 9.59 Å². The molecule has 0 spiro atoms. The van der Waals surface area contributed by atoms with Crippen molar-refractivity contribution in [3.63, 3.8) is 0 Å². The van der Waals surface area contributed by atoms with Crippen LogP contribution in [0.15, 0.2) is 0 Å². The van der Waals surface area contributed by atoms with E-state index in [0.29, 0.717) is 6.61 Å². The number of rotatable bonds is 6. The third-order valence-electron chi connectivity index (χ3n) is 2.70. The van der Waals surface area contributed by atoms with E-state index in [-0.39, 0.29) is 24.5 Å². The van der Waals surface area contributed by atoms with Gasteiger partial charge in [0, 0.05) is 12.6 Å². The summed E-state index contributed by atoms with van der Waals surface area (Å²) in [5.41, 5.74) is 0. The Labute approximate surface area is 106 Å². The van der Waals surface area contributed by atoms with E-state index < -0.39 is 34.3 Å². The van der Waals surface area contributed by atoms with Crippen molar-refractivity contribution in [3.8, 4) is 0 Å². The standard InChI is InChI=1S/C10H17NO6S/c1-2-17-6-9(12)11(5-10(13)14)8-3-4-18(15,16)7-8/h8H,2-7H2,1H3,(H,13,14). The fourth-order valence-electron chi connectivity index (χ4n) is 1.86. The van der Waals surface area contributed by atoms with Crippen LogP contribution in [0.25, 0.3) is 0 Å². The maximum Gasteiger partial charge on any atom is 0.323 e. The lowest BCUT2D eigenvalue weighted by atomic mass is 10.2. The molecule has 1 heterocycles. The van der Waals surface area contributed by atoms with Crippen molar-refractivity contribution in [3.05, 3.63) is 0 Å². The van der Waals surface area contributed by atoms with Gasteiger partial charge in [0.25, 0.3) is 0 Å². The van der Waals surface area contributed by atoms with Gasteiger partial charge in [-0.15, -0.1) is 0 Å². The second-order valence-corrected chi connectivity index (χ2v) is 6.34. The van der Waals surface area contributed by atoms with E-state index in [1.807, 2.05) is 0 Å². The molecule has 7 nitrogen and oxygen atoms in total. The van der Waals surface area contributed by atoms with Gasteiger partial charge in [-0.25, -0.2) is 8.42 Å². The van der Waals surface area contributed by atoms with Gasteiger partial charge < -0.3 is 14.7 Å². The average Bonchev–Trinajstić information content (AvgIpc) is 2.63. The number of nitrogens with zero attached hydrogens (tertiary/aromatic N) is 1. The van der Waals surface area contributed by atoms with Crippen molar-refractivity contribution < 1.29 is 27.9 Å². The Morgan fingerprint density at radius 2 is 2.11 bits per heavy atom. The average molecular weight is 279 g/mol. The predicted octanol–water partition coefficient (Wildman–Crippen LogP) is -0.877. The van der Waals surface area contributed by atoms with Crippen LogP contribution < -0.4 is 0 Å². The van der Waals surface area contributed by atoms with E-state index in [9.17, 15) is 18.0 Å². The normalized spacial score (nSPS) is 21.7. The van der Waals surface area contributed by atoms with Gasteiger partial charge in [-0.1, -0.05) is 0 Å². The number of carbonyl (C=O) groups excluding carboxylic acids is 1. The van der Waals surface area contributed by atoms with Gasteiger partial charge in [-0.2, -0.15) is 0 Å². The maximum absolute atomic E-state index is 11.8. The van der Waals surface area contributed by atoms with Crippen LogP contribution in [0, 0.1) is 0 Å². The Morgan fingerprint density at radius 1 is 1.44 bits per heavy atom. The van der Waals surface area contributed by atoms with Crippen molar-refractivity contribution in [1.82, 2.24) is 4.90 Å². The second kappa shape index (κ2) is 6.14. The molecule has 1 aliphatic heterocycles. The molecular weight excluding hydrogens is 262 g/mol. The van der Waals surface area contributed by atoms with E-state index in [0.717, 1.165) is 4.90 Å². The lowest BCUT2D eigenvalue weighted by molar-refractivity contribution is -0.148. The fourth-order valence-corrected chi connectivity index (χ4v) is 3.59. The van der Waals surface area contributed by atoms with Gasteiger partial charge in [0.1, 0.15) is 13.2 Å². The van der Waals surface area contributed by atoms with Gasteiger partial charge in [0.15, 0.2) is 9.84 Å². The minimum Gasteiger partial charge on any atom is -0.480 e. The molecule has 0 aromatic heterocycles. The first-order valence-corrected chi connectivity index (χ1v) is 7.47. The monoisotopic (exact) mass is 279 g/mol. The topological polar surface area (TPSA) is 101 Å². The number of amides is 1. The Kier molecular flexibility index (Phi) is 5.09. The van der Waals surface area contributed by atoms with Crippen molar-refractivity contribution in [1.29, 1.82) is 0 Å². The van der Waals surface area contributed by atoms with Crippen LogP contribution in [-0.2, 0) is 24.2 Å². The van der Waals surface area contributed by atoms with Crippen LogP contribution >= 0.6 is 0 Å². The summed E-state index contributed by atoms with van der Waals surface area (Å²) in [7, 11) is -3.16. The van der Waals surface area contributed by atoms with Crippen molar-refractivity contribution in [2.24, 2.45) is 0 Å². The molecule has 1 amide bonds. The number of carbonyl (C=O) groups is 2. The first-order valence-electron chi connectivity index (χ1n) is 5.65. The minimum atomic E-state index is -3.16. The van der Waals surface area contributed by atoms with E-state index in [1.165, 1.54) is 0 Å². The first kappa shape index (κ1) is 14.9. The van der Waals surface area contributed by atoms with Crippen LogP contribution in [0.2, 0.25) is 0 Å². The number of hydrogen-bond acceptors (Lipinski definition) is 5. The number of aliphatic carboxylic acids is 1. The van der Waals surface area contributed by atoms with Crippen molar-refractivity contribution in [2.75, 3.05) is 31.3 Å². The van der Waals surface area contributed by atoms with E-state index in [2.05, 4.69) is 0 Å². The summed E-state index contributed by atoms with van der Waals surface area (Å²) < 4.78 is 27.6. The van der Waals surface area contributed by atoms with Gasteiger partial charge in [0.2, 0.25) is 5.91 Å². The maximum atomic E-state index is 11.8. The molecule has 1 saturated heterocycles. The van der Waals surface area contributed by atoms with E-state index in [4.69, 9.17) is 9.84 Å². The molecule has 1 N–H and O–H groups in total. The number of ether oxygens (including phenoxy) is 1. The molecule has 0 aliphatic carbocycles. The summed E-state index contributed by atoms with van der Waals surface area (Å²) in [5.74, 6) is -1.82. The quantitative estimate of drug-likeness (QED) is 0.678. The summed E-state index contributed by atoms with van der Waals surface area (Å²) in [6.07, 6.45) is 0.285. The zero-order valence-corrected chi connectivity index (χ0v) is 11.0. The number of carboxylic acid groups (broad SMARTS) is 1. The molecule has 1 unspecified atom stereocenters. The van der Waals surface area contributed by atoms with Gasteiger partial charge in [0.05, 0.1) is 11.5 Å². The summed E-state index contributed by atoms with van der Waals surface area (Å²) >= 11 is 0. The predicted molar refractivity (Wildman–Crippen MR) is 62.9 cm³/mol. The van der Waals surface area contributed by atoms with Crippen LogP contribution in [0.3, 0.4) is 0 Å². The van der Waals surface area contributed by atoms with E-state index >= 15 is 0 Å². The number of sulfone groups is 1. The van der Waals surface area contributed by atoms with Crippen LogP contribution in [0.1, 0.15) is 13.3 Å². The fraction of sp³-hybridized carbons (Fsp3) is 0.800. The zero-order chi connectivity index (χ0) is 13.8. The summed E-state index contributed by atoms with van der Waals surface area (Å²) in [6, 6.07) is -0.556. The molecule has 0 aromatic rings. The summed E-state index contributed by atoms with van der Waals surface area (Å²) in [4.78, 5) is 23.6. The molecule has 0 aromatic carbocycles. The minimum absolute atomic E-state index is 0.00427. The smallest absolute Gasteiger partial charge is 0.323 e. The first-order chi connectivity index (χ1) is 8.35. The molecule has 0 saturated carbocycles. The van der Waals surface area contributed by atoms with Crippen molar-refractivity contribution >= 4 is 21.7 Å². The van der Waals surface area contributed by atoms with Crippen molar-refractivity contribution in [2.45, 2.75) is 19.4 Å². The van der Waals surface area contributed by atoms with Crippen LogP contribution in [0.4, 0.5) is 0 Å². The lowest BCUT2D eigenvalue weighted by Crippen LogP contribution is -2.45. The second-order valence-electron chi connectivity index (χ2n) is 4.11. The summed E-state index contributed by atoms with van der Waals surface area (Å²) in [5, 5.41) is 8.76. The number of hydrogen-bond donors (Lipinski definition) is 1. The Morgan fingerprint density at radius 3 is 2.56 bits per heavy atom. The van der Waals surface area contributed by atoms with Gasteiger partial charge >= 0.3 is 5.97 Å². The molecule has 1 fully saturated rings. The summed E-state index contributed by atoms with van der Waals surface area (Å²) in [6.45, 7) is 1.34. The van der Waals surface area contributed by atoms with E-state index in [1.54, 1.807) is 6.92 Å². The Hall–Kier alpha value is -1.15. The highest BCUT2D eigenvalue weighted by molar-refractivity contribution is 7.91.